The van der Waals surface area contributed by atoms with Gasteiger partial charge in [-0.05, 0) is 42.9 Å². The molecule has 0 spiro atoms. The van der Waals surface area contributed by atoms with Crippen LogP contribution in [0.15, 0.2) is 42.5 Å². The predicted octanol–water partition coefficient (Wildman–Crippen LogP) is 3.24. The number of halogens is 2. The number of carbonyl (C=O) groups excluding carboxylic acids is 1. The van der Waals surface area contributed by atoms with Gasteiger partial charge in [0.15, 0.2) is 0 Å². The average molecular weight is 351 g/mol. The van der Waals surface area contributed by atoms with Gasteiger partial charge >= 0.3 is 0 Å². The van der Waals surface area contributed by atoms with Crippen LogP contribution in [0, 0.1) is 5.82 Å². The van der Waals surface area contributed by atoms with Gasteiger partial charge in [-0.15, -0.1) is 0 Å². The van der Waals surface area contributed by atoms with Crippen molar-refractivity contribution >= 4 is 17.5 Å². The Morgan fingerprint density at radius 3 is 2.62 bits per heavy atom. The van der Waals surface area contributed by atoms with Crippen LogP contribution in [-0.2, 0) is 17.9 Å². The SMILES string of the molecule is COc1ccc(Cl)cc1CN(C)CC(=O)NCc1ccc(F)cc1. The first-order valence-corrected chi connectivity index (χ1v) is 7.88. The molecule has 0 aromatic heterocycles. The van der Waals surface area contributed by atoms with Crippen LogP contribution < -0.4 is 10.1 Å². The Morgan fingerprint density at radius 1 is 1.25 bits per heavy atom. The van der Waals surface area contributed by atoms with Crippen LogP contribution in [0.3, 0.4) is 0 Å². The highest BCUT2D eigenvalue weighted by Crippen LogP contribution is 2.23. The lowest BCUT2D eigenvalue weighted by atomic mass is 10.2. The minimum Gasteiger partial charge on any atom is -0.496 e. The maximum absolute atomic E-state index is 12.8. The highest BCUT2D eigenvalue weighted by atomic mass is 35.5. The summed E-state index contributed by atoms with van der Waals surface area (Å²) in [5, 5.41) is 3.44. The minimum atomic E-state index is -0.291. The summed E-state index contributed by atoms with van der Waals surface area (Å²) in [7, 11) is 3.44. The lowest BCUT2D eigenvalue weighted by Crippen LogP contribution is -2.34. The molecule has 0 radical (unpaired) electrons. The van der Waals surface area contributed by atoms with Crippen LogP contribution in [-0.4, -0.2) is 31.5 Å². The number of nitrogens with zero attached hydrogens (tertiary/aromatic N) is 1. The van der Waals surface area contributed by atoms with Gasteiger partial charge in [0, 0.05) is 23.7 Å². The fraction of sp³-hybridized carbons (Fsp3) is 0.278. The quantitative estimate of drug-likeness (QED) is 0.833. The molecular formula is C18H20ClFN2O2. The number of benzene rings is 2. The molecule has 0 bridgehead atoms. The number of nitrogens with one attached hydrogen (secondary N) is 1. The molecule has 1 N–H and O–H groups in total. The number of carbonyl (C=O) groups is 1. The molecule has 2 rings (SSSR count). The number of hydrogen-bond acceptors (Lipinski definition) is 3. The number of likely N-dealkylation sites (N-methyl/N-ethyl adjacent to an activating group) is 1. The standard InChI is InChI=1S/C18H20ClFN2O2/c1-22(11-14-9-15(19)5-8-17(14)24-2)12-18(23)21-10-13-3-6-16(20)7-4-13/h3-9H,10-12H2,1-2H3,(H,21,23). The second-order valence-electron chi connectivity index (χ2n) is 5.53. The van der Waals surface area contributed by atoms with E-state index < -0.39 is 0 Å². The fourth-order valence-electron chi connectivity index (χ4n) is 2.32. The Morgan fingerprint density at radius 2 is 1.96 bits per heavy atom. The molecular weight excluding hydrogens is 331 g/mol. The van der Waals surface area contributed by atoms with E-state index >= 15 is 0 Å². The van der Waals surface area contributed by atoms with Gasteiger partial charge < -0.3 is 10.1 Å². The molecule has 128 valence electrons. The molecule has 0 aliphatic carbocycles. The molecule has 1 amide bonds. The van der Waals surface area contributed by atoms with Crippen LogP contribution in [0.25, 0.3) is 0 Å². The first-order chi connectivity index (χ1) is 11.5. The summed E-state index contributed by atoms with van der Waals surface area (Å²) in [5.74, 6) is 0.334. The third-order valence-corrected chi connectivity index (χ3v) is 3.73. The number of hydrogen-bond donors (Lipinski definition) is 1. The lowest BCUT2D eigenvalue weighted by molar-refractivity contribution is -0.122. The summed E-state index contributed by atoms with van der Waals surface area (Å²) in [6.07, 6.45) is 0. The Bertz CT molecular complexity index is 692. The molecule has 24 heavy (non-hydrogen) atoms. The van der Waals surface area contributed by atoms with Crippen molar-refractivity contribution < 1.29 is 13.9 Å². The van der Waals surface area contributed by atoms with Gasteiger partial charge in [-0.25, -0.2) is 4.39 Å². The maximum atomic E-state index is 12.8. The van der Waals surface area contributed by atoms with Gasteiger partial charge in [-0.1, -0.05) is 23.7 Å². The van der Waals surface area contributed by atoms with Crippen molar-refractivity contribution in [2.75, 3.05) is 20.7 Å². The second-order valence-corrected chi connectivity index (χ2v) is 5.97. The van der Waals surface area contributed by atoms with E-state index in [2.05, 4.69) is 5.32 Å². The first-order valence-electron chi connectivity index (χ1n) is 7.50. The van der Waals surface area contributed by atoms with Crippen molar-refractivity contribution in [1.82, 2.24) is 10.2 Å². The Kier molecular flexibility index (Phi) is 6.58. The van der Waals surface area contributed by atoms with E-state index in [4.69, 9.17) is 16.3 Å². The average Bonchev–Trinajstić information content (AvgIpc) is 2.54. The topological polar surface area (TPSA) is 41.6 Å². The summed E-state index contributed by atoms with van der Waals surface area (Å²) >= 11 is 6.01. The molecule has 0 unspecified atom stereocenters. The van der Waals surface area contributed by atoms with Gasteiger partial charge in [0.1, 0.15) is 11.6 Å². The molecule has 2 aromatic rings. The van der Waals surface area contributed by atoms with Gasteiger partial charge in [0.05, 0.1) is 13.7 Å². The lowest BCUT2D eigenvalue weighted by Gasteiger charge is -2.18. The number of amides is 1. The highest BCUT2D eigenvalue weighted by molar-refractivity contribution is 6.30. The van der Waals surface area contributed by atoms with Crippen LogP contribution in [0.5, 0.6) is 5.75 Å². The molecule has 2 aromatic carbocycles. The maximum Gasteiger partial charge on any atom is 0.234 e. The van der Waals surface area contributed by atoms with Crippen LogP contribution in [0.2, 0.25) is 5.02 Å². The molecule has 0 heterocycles. The summed E-state index contributed by atoms with van der Waals surface area (Å²) in [6.45, 7) is 1.14. The van der Waals surface area contributed by atoms with E-state index in [1.54, 1.807) is 31.4 Å². The zero-order valence-electron chi connectivity index (χ0n) is 13.7. The van der Waals surface area contributed by atoms with E-state index in [1.807, 2.05) is 18.0 Å². The highest BCUT2D eigenvalue weighted by Gasteiger charge is 2.10. The van der Waals surface area contributed by atoms with Gasteiger partial charge in [0.25, 0.3) is 0 Å². The van der Waals surface area contributed by atoms with Crippen molar-refractivity contribution in [3.8, 4) is 5.75 Å². The summed E-state index contributed by atoms with van der Waals surface area (Å²) in [4.78, 5) is 13.9. The molecule has 0 atom stereocenters. The van der Waals surface area contributed by atoms with Crippen LogP contribution in [0.4, 0.5) is 4.39 Å². The number of methoxy groups -OCH3 is 1. The second kappa shape index (κ2) is 8.66. The predicted molar refractivity (Wildman–Crippen MR) is 92.6 cm³/mol. The third kappa shape index (κ3) is 5.51. The van der Waals surface area contributed by atoms with E-state index in [1.165, 1.54) is 12.1 Å². The van der Waals surface area contributed by atoms with E-state index in [9.17, 15) is 9.18 Å². The largest absolute Gasteiger partial charge is 0.496 e. The van der Waals surface area contributed by atoms with E-state index in [0.717, 1.165) is 16.9 Å². The third-order valence-electron chi connectivity index (χ3n) is 3.50. The van der Waals surface area contributed by atoms with Crippen LogP contribution >= 0.6 is 11.6 Å². The van der Waals surface area contributed by atoms with Gasteiger partial charge in [0.2, 0.25) is 5.91 Å². The Hall–Kier alpha value is -2.11. The minimum absolute atomic E-state index is 0.109. The fourth-order valence-corrected chi connectivity index (χ4v) is 2.52. The van der Waals surface area contributed by atoms with Crippen LogP contribution in [0.1, 0.15) is 11.1 Å². The normalized spacial score (nSPS) is 10.7. The molecule has 0 fully saturated rings. The van der Waals surface area contributed by atoms with Gasteiger partial charge in [-0.3, -0.25) is 9.69 Å². The Labute approximate surface area is 146 Å². The molecule has 0 saturated carbocycles. The zero-order chi connectivity index (χ0) is 17.5. The van der Waals surface area contributed by atoms with Crippen molar-refractivity contribution in [2.24, 2.45) is 0 Å². The molecule has 0 aliphatic rings. The summed E-state index contributed by atoms with van der Waals surface area (Å²) in [5.41, 5.74) is 1.77. The Balaban J connectivity index is 1.85. The number of rotatable bonds is 7. The number of ether oxygens (including phenoxy) is 1. The monoisotopic (exact) mass is 350 g/mol. The van der Waals surface area contributed by atoms with E-state index in [-0.39, 0.29) is 18.3 Å². The molecule has 0 saturated heterocycles. The van der Waals surface area contributed by atoms with Crippen molar-refractivity contribution in [3.05, 3.63) is 64.4 Å². The first kappa shape index (κ1) is 18.2. The van der Waals surface area contributed by atoms with Crippen molar-refractivity contribution in [3.63, 3.8) is 0 Å². The van der Waals surface area contributed by atoms with E-state index in [0.29, 0.717) is 18.1 Å². The molecule has 0 aliphatic heterocycles. The summed E-state index contributed by atoms with van der Waals surface area (Å²) in [6, 6.07) is 11.4. The molecule has 6 heteroatoms. The summed E-state index contributed by atoms with van der Waals surface area (Å²) < 4.78 is 18.1. The van der Waals surface area contributed by atoms with Crippen molar-refractivity contribution in [2.45, 2.75) is 13.1 Å². The van der Waals surface area contributed by atoms with Crippen molar-refractivity contribution in [1.29, 1.82) is 0 Å². The smallest absolute Gasteiger partial charge is 0.234 e. The zero-order valence-corrected chi connectivity index (χ0v) is 14.4. The molecule has 4 nitrogen and oxygen atoms in total. The van der Waals surface area contributed by atoms with Gasteiger partial charge in [-0.2, -0.15) is 0 Å².